The molecule has 1 heterocycles. The van der Waals surface area contributed by atoms with Crippen LogP contribution in [0.3, 0.4) is 0 Å². The van der Waals surface area contributed by atoms with Crippen LogP contribution in [0.2, 0.25) is 0 Å². The summed E-state index contributed by atoms with van der Waals surface area (Å²) < 4.78 is 0. The van der Waals surface area contributed by atoms with Gasteiger partial charge >= 0.3 is 0 Å². The Balaban J connectivity index is 2.03. The molecule has 1 aromatic heterocycles. The van der Waals surface area contributed by atoms with Crippen LogP contribution in [0.15, 0.2) is 35.7 Å². The molecule has 20 heavy (non-hydrogen) atoms. The number of hydrogen-bond donors (Lipinski definition) is 0. The first-order valence-corrected chi connectivity index (χ1v) is 7.83. The number of rotatable bonds is 6. The Bertz CT molecular complexity index is 575. The summed E-state index contributed by atoms with van der Waals surface area (Å²) in [6.45, 7) is 8.44. The Morgan fingerprint density at radius 1 is 1.20 bits per heavy atom. The molecular weight excluding hydrogens is 266 g/mol. The first kappa shape index (κ1) is 14.9. The predicted molar refractivity (Wildman–Crippen MR) is 85.5 cm³/mol. The van der Waals surface area contributed by atoms with Crippen LogP contribution in [-0.4, -0.2) is 23.8 Å². The van der Waals surface area contributed by atoms with E-state index < -0.39 is 0 Å². The maximum absolute atomic E-state index is 12.4. The molecule has 106 valence electrons. The predicted octanol–water partition coefficient (Wildman–Crippen LogP) is 4.07. The third-order valence-electron chi connectivity index (χ3n) is 3.60. The quantitative estimate of drug-likeness (QED) is 0.746. The number of ketones is 1. The number of aryl methyl sites for hydroxylation is 2. The standard InChI is InChI=1S/C17H21NOS/c1-4-18(11-16-6-5-9-20-16)12-17(19)15-8-7-13(2)14(3)10-15/h5-10H,4,11-12H2,1-3H3. The van der Waals surface area contributed by atoms with Crippen molar-refractivity contribution in [3.63, 3.8) is 0 Å². The monoisotopic (exact) mass is 287 g/mol. The lowest BCUT2D eigenvalue weighted by Gasteiger charge is -2.18. The Labute approximate surface area is 125 Å². The molecule has 2 aromatic rings. The third kappa shape index (κ3) is 3.78. The van der Waals surface area contributed by atoms with Gasteiger partial charge in [-0.2, -0.15) is 0 Å². The fourth-order valence-electron chi connectivity index (χ4n) is 2.11. The van der Waals surface area contributed by atoms with Crippen LogP contribution >= 0.6 is 11.3 Å². The van der Waals surface area contributed by atoms with Crippen molar-refractivity contribution >= 4 is 17.1 Å². The van der Waals surface area contributed by atoms with E-state index in [2.05, 4.69) is 43.2 Å². The van der Waals surface area contributed by atoms with Crippen LogP contribution in [0, 0.1) is 13.8 Å². The van der Waals surface area contributed by atoms with Crippen molar-refractivity contribution in [2.45, 2.75) is 27.3 Å². The second-order valence-corrected chi connectivity index (χ2v) is 6.14. The van der Waals surface area contributed by atoms with Crippen molar-refractivity contribution in [3.05, 3.63) is 57.3 Å². The number of carbonyl (C=O) groups is 1. The number of Topliss-reactive ketones (excluding diaryl/α,β-unsaturated/α-hetero) is 1. The first-order chi connectivity index (χ1) is 9.60. The zero-order chi connectivity index (χ0) is 14.5. The second-order valence-electron chi connectivity index (χ2n) is 5.10. The molecule has 0 atom stereocenters. The lowest BCUT2D eigenvalue weighted by molar-refractivity contribution is 0.0930. The van der Waals surface area contributed by atoms with Gasteiger partial charge in [-0.3, -0.25) is 9.69 Å². The van der Waals surface area contributed by atoms with E-state index in [1.54, 1.807) is 11.3 Å². The minimum absolute atomic E-state index is 0.200. The minimum atomic E-state index is 0.200. The highest BCUT2D eigenvalue weighted by molar-refractivity contribution is 7.09. The molecule has 2 nitrogen and oxygen atoms in total. The van der Waals surface area contributed by atoms with Gasteiger partial charge in [0.05, 0.1) is 6.54 Å². The summed E-state index contributed by atoms with van der Waals surface area (Å²) in [5.74, 6) is 0.200. The molecule has 0 amide bonds. The average Bonchev–Trinajstić information content (AvgIpc) is 2.93. The van der Waals surface area contributed by atoms with E-state index in [0.29, 0.717) is 6.54 Å². The Morgan fingerprint density at radius 3 is 2.60 bits per heavy atom. The van der Waals surface area contributed by atoms with Gasteiger partial charge in [-0.15, -0.1) is 11.3 Å². The third-order valence-corrected chi connectivity index (χ3v) is 4.46. The summed E-state index contributed by atoms with van der Waals surface area (Å²) in [5, 5.41) is 2.08. The van der Waals surface area contributed by atoms with Gasteiger partial charge in [0.1, 0.15) is 0 Å². The van der Waals surface area contributed by atoms with Crippen molar-refractivity contribution in [2.75, 3.05) is 13.1 Å². The van der Waals surface area contributed by atoms with Crippen LogP contribution in [0.5, 0.6) is 0 Å². The van der Waals surface area contributed by atoms with E-state index in [1.165, 1.54) is 16.0 Å². The second kappa shape index (κ2) is 6.82. The molecule has 0 unspecified atom stereocenters. The number of nitrogens with zero attached hydrogens (tertiary/aromatic N) is 1. The molecule has 1 aromatic carbocycles. The number of benzene rings is 1. The Hall–Kier alpha value is -1.45. The molecule has 0 N–H and O–H groups in total. The van der Waals surface area contributed by atoms with E-state index in [1.807, 2.05) is 18.2 Å². The van der Waals surface area contributed by atoms with Gasteiger partial charge in [-0.05, 0) is 49.0 Å². The van der Waals surface area contributed by atoms with Crippen LogP contribution in [0.1, 0.15) is 33.3 Å². The molecule has 0 fully saturated rings. The van der Waals surface area contributed by atoms with E-state index >= 15 is 0 Å². The number of hydrogen-bond acceptors (Lipinski definition) is 3. The SMILES string of the molecule is CCN(CC(=O)c1ccc(C)c(C)c1)Cc1cccs1. The summed E-state index contributed by atoms with van der Waals surface area (Å²) in [6, 6.07) is 10.1. The smallest absolute Gasteiger partial charge is 0.176 e. The van der Waals surface area contributed by atoms with Crippen molar-refractivity contribution in [1.29, 1.82) is 0 Å². The van der Waals surface area contributed by atoms with Crippen molar-refractivity contribution in [1.82, 2.24) is 4.90 Å². The highest BCUT2D eigenvalue weighted by Gasteiger charge is 2.12. The van der Waals surface area contributed by atoms with E-state index in [4.69, 9.17) is 0 Å². The van der Waals surface area contributed by atoms with Crippen LogP contribution in [-0.2, 0) is 6.54 Å². The molecule has 0 bridgehead atoms. The summed E-state index contributed by atoms with van der Waals surface area (Å²) in [7, 11) is 0. The van der Waals surface area contributed by atoms with Gasteiger partial charge in [0.25, 0.3) is 0 Å². The van der Waals surface area contributed by atoms with Crippen molar-refractivity contribution in [3.8, 4) is 0 Å². The van der Waals surface area contributed by atoms with Gasteiger partial charge in [0, 0.05) is 17.0 Å². The highest BCUT2D eigenvalue weighted by Crippen LogP contribution is 2.14. The summed E-state index contributed by atoms with van der Waals surface area (Å²) in [4.78, 5) is 15.9. The molecule has 2 rings (SSSR count). The molecule has 0 saturated heterocycles. The number of carbonyl (C=O) groups excluding carboxylic acids is 1. The molecule has 0 aliphatic rings. The first-order valence-electron chi connectivity index (χ1n) is 6.95. The average molecular weight is 287 g/mol. The molecule has 0 aliphatic carbocycles. The van der Waals surface area contributed by atoms with E-state index in [9.17, 15) is 4.79 Å². The molecular formula is C17H21NOS. The molecule has 0 aliphatic heterocycles. The zero-order valence-electron chi connectivity index (χ0n) is 12.3. The summed E-state index contributed by atoms with van der Waals surface area (Å²) in [6.07, 6.45) is 0. The van der Waals surface area contributed by atoms with Crippen LogP contribution in [0.25, 0.3) is 0 Å². The minimum Gasteiger partial charge on any atom is -0.293 e. The van der Waals surface area contributed by atoms with Crippen LogP contribution in [0.4, 0.5) is 0 Å². The lowest BCUT2D eigenvalue weighted by Crippen LogP contribution is -2.29. The van der Waals surface area contributed by atoms with Gasteiger partial charge in [-0.1, -0.05) is 25.1 Å². The number of likely N-dealkylation sites (N-methyl/N-ethyl adjacent to an activating group) is 1. The van der Waals surface area contributed by atoms with Crippen molar-refractivity contribution < 1.29 is 4.79 Å². The lowest BCUT2D eigenvalue weighted by atomic mass is 10.0. The van der Waals surface area contributed by atoms with E-state index in [0.717, 1.165) is 18.7 Å². The highest BCUT2D eigenvalue weighted by atomic mass is 32.1. The summed E-state index contributed by atoms with van der Waals surface area (Å²) in [5.41, 5.74) is 3.22. The maximum atomic E-state index is 12.4. The van der Waals surface area contributed by atoms with Gasteiger partial charge < -0.3 is 0 Å². The van der Waals surface area contributed by atoms with Gasteiger partial charge in [-0.25, -0.2) is 0 Å². The van der Waals surface area contributed by atoms with Crippen LogP contribution < -0.4 is 0 Å². The molecule has 0 saturated carbocycles. The fraction of sp³-hybridized carbons (Fsp3) is 0.353. The van der Waals surface area contributed by atoms with Gasteiger partial charge in [0.2, 0.25) is 0 Å². The van der Waals surface area contributed by atoms with Gasteiger partial charge in [0.15, 0.2) is 5.78 Å². The Morgan fingerprint density at radius 2 is 2.00 bits per heavy atom. The number of thiophene rings is 1. The molecule has 0 spiro atoms. The zero-order valence-corrected chi connectivity index (χ0v) is 13.2. The summed E-state index contributed by atoms with van der Waals surface area (Å²) >= 11 is 1.74. The van der Waals surface area contributed by atoms with Crippen molar-refractivity contribution in [2.24, 2.45) is 0 Å². The molecule has 0 radical (unpaired) electrons. The largest absolute Gasteiger partial charge is 0.293 e. The van der Waals surface area contributed by atoms with E-state index in [-0.39, 0.29) is 5.78 Å². The molecule has 3 heteroatoms. The normalized spacial score (nSPS) is 11.0. The fourth-order valence-corrected chi connectivity index (χ4v) is 2.86. The Kier molecular flexibility index (Phi) is 5.10. The topological polar surface area (TPSA) is 20.3 Å². The maximum Gasteiger partial charge on any atom is 0.176 e.